The molecule has 0 N–H and O–H groups in total. The first-order valence-electron chi connectivity index (χ1n) is 5.77. The number of hydrogen-bond acceptors (Lipinski definition) is 1. The fourth-order valence-corrected chi connectivity index (χ4v) is 2.10. The third-order valence-electron chi connectivity index (χ3n) is 3.28. The molecule has 1 fully saturated rings. The molecule has 4 heteroatoms. The standard InChI is InChI=1S/C13H15F2NO/c1-8-4-3-5-16(13(8)17)10-6-11(14)9(2)12(15)7-10/h6-8H,3-5H2,1-2H3. The van der Waals surface area contributed by atoms with Crippen LogP contribution < -0.4 is 4.90 Å². The lowest BCUT2D eigenvalue weighted by Gasteiger charge is -2.30. The van der Waals surface area contributed by atoms with Crippen molar-refractivity contribution in [2.24, 2.45) is 5.92 Å². The Morgan fingerprint density at radius 1 is 1.29 bits per heavy atom. The molecule has 1 aromatic rings. The zero-order valence-corrected chi connectivity index (χ0v) is 9.96. The minimum Gasteiger partial charge on any atom is -0.312 e. The van der Waals surface area contributed by atoms with E-state index >= 15 is 0 Å². The Labute approximate surface area is 99.2 Å². The average molecular weight is 239 g/mol. The minimum atomic E-state index is -0.606. The maximum Gasteiger partial charge on any atom is 0.229 e. The molecule has 1 aromatic carbocycles. The van der Waals surface area contributed by atoms with Gasteiger partial charge in [0.05, 0.1) is 0 Å². The van der Waals surface area contributed by atoms with Gasteiger partial charge in [0, 0.05) is 23.7 Å². The number of carbonyl (C=O) groups excluding carboxylic acids is 1. The van der Waals surface area contributed by atoms with Crippen molar-refractivity contribution in [1.29, 1.82) is 0 Å². The largest absolute Gasteiger partial charge is 0.312 e. The van der Waals surface area contributed by atoms with Crippen LogP contribution in [-0.2, 0) is 4.79 Å². The zero-order valence-electron chi connectivity index (χ0n) is 9.96. The van der Waals surface area contributed by atoms with E-state index in [-0.39, 0.29) is 17.4 Å². The summed E-state index contributed by atoms with van der Waals surface area (Å²) in [7, 11) is 0. The summed E-state index contributed by atoms with van der Waals surface area (Å²) < 4.78 is 26.9. The molecule has 17 heavy (non-hydrogen) atoms. The Balaban J connectivity index is 2.37. The molecule has 0 aliphatic carbocycles. The third kappa shape index (κ3) is 2.16. The molecule has 1 heterocycles. The van der Waals surface area contributed by atoms with E-state index < -0.39 is 11.6 Å². The van der Waals surface area contributed by atoms with Crippen molar-refractivity contribution in [3.8, 4) is 0 Å². The molecule has 0 saturated carbocycles. The van der Waals surface area contributed by atoms with Crippen LogP contribution in [0.2, 0.25) is 0 Å². The van der Waals surface area contributed by atoms with E-state index in [2.05, 4.69) is 0 Å². The Morgan fingerprint density at radius 2 is 1.88 bits per heavy atom. The van der Waals surface area contributed by atoms with Gasteiger partial charge in [-0.3, -0.25) is 4.79 Å². The van der Waals surface area contributed by atoms with Gasteiger partial charge in [0.2, 0.25) is 5.91 Å². The van der Waals surface area contributed by atoms with Crippen LogP contribution in [0.4, 0.5) is 14.5 Å². The molecule has 1 unspecified atom stereocenters. The predicted molar refractivity (Wildman–Crippen MR) is 61.8 cm³/mol. The summed E-state index contributed by atoms with van der Waals surface area (Å²) in [6.45, 7) is 3.76. The smallest absolute Gasteiger partial charge is 0.229 e. The highest BCUT2D eigenvalue weighted by molar-refractivity contribution is 5.95. The number of anilines is 1. The van der Waals surface area contributed by atoms with Crippen LogP contribution in [0.25, 0.3) is 0 Å². The van der Waals surface area contributed by atoms with E-state index in [1.54, 1.807) is 0 Å². The minimum absolute atomic E-state index is 0.00810. The topological polar surface area (TPSA) is 20.3 Å². The van der Waals surface area contributed by atoms with Gasteiger partial charge >= 0.3 is 0 Å². The highest BCUT2D eigenvalue weighted by Gasteiger charge is 2.27. The number of benzene rings is 1. The number of rotatable bonds is 1. The van der Waals surface area contributed by atoms with Gasteiger partial charge in [0.25, 0.3) is 0 Å². The maximum absolute atomic E-state index is 13.4. The molecule has 2 nitrogen and oxygen atoms in total. The summed E-state index contributed by atoms with van der Waals surface area (Å²) in [5, 5.41) is 0. The van der Waals surface area contributed by atoms with Crippen LogP contribution in [-0.4, -0.2) is 12.5 Å². The molecular formula is C13H15F2NO. The lowest BCUT2D eigenvalue weighted by Crippen LogP contribution is -2.40. The van der Waals surface area contributed by atoms with Crippen LogP contribution >= 0.6 is 0 Å². The highest BCUT2D eigenvalue weighted by Crippen LogP contribution is 2.27. The van der Waals surface area contributed by atoms with Gasteiger partial charge in [-0.05, 0) is 31.9 Å². The molecular weight excluding hydrogens is 224 g/mol. The van der Waals surface area contributed by atoms with E-state index in [9.17, 15) is 13.6 Å². The molecule has 0 bridgehead atoms. The summed E-state index contributed by atoms with van der Waals surface area (Å²) in [4.78, 5) is 13.4. The summed E-state index contributed by atoms with van der Waals surface area (Å²) in [6.07, 6.45) is 1.70. The molecule has 1 aliphatic rings. The molecule has 1 saturated heterocycles. The molecule has 0 aromatic heterocycles. The van der Waals surface area contributed by atoms with Crippen molar-refractivity contribution in [2.45, 2.75) is 26.7 Å². The van der Waals surface area contributed by atoms with Gasteiger partial charge in [-0.2, -0.15) is 0 Å². The van der Waals surface area contributed by atoms with E-state index in [0.717, 1.165) is 12.8 Å². The molecule has 0 spiro atoms. The summed E-state index contributed by atoms with van der Waals surface area (Å²) in [5.41, 5.74) is 0.313. The molecule has 2 rings (SSSR count). The average Bonchev–Trinajstić information content (AvgIpc) is 2.29. The molecule has 1 atom stereocenters. The Hall–Kier alpha value is -1.45. The second-order valence-electron chi connectivity index (χ2n) is 4.57. The van der Waals surface area contributed by atoms with Gasteiger partial charge in [0.1, 0.15) is 11.6 Å². The molecule has 1 amide bonds. The first-order valence-corrected chi connectivity index (χ1v) is 5.77. The van der Waals surface area contributed by atoms with Crippen molar-refractivity contribution < 1.29 is 13.6 Å². The second kappa shape index (κ2) is 4.43. The number of piperidine rings is 1. The van der Waals surface area contributed by atoms with Crippen molar-refractivity contribution in [3.63, 3.8) is 0 Å². The SMILES string of the molecule is Cc1c(F)cc(N2CCCC(C)C2=O)cc1F. The third-order valence-corrected chi connectivity index (χ3v) is 3.28. The quantitative estimate of drug-likeness (QED) is 0.737. The lowest BCUT2D eigenvalue weighted by molar-refractivity contribution is -0.123. The normalized spacial score (nSPS) is 20.8. The summed E-state index contributed by atoms with van der Waals surface area (Å²) in [5.74, 6) is -1.34. The van der Waals surface area contributed by atoms with Crippen molar-refractivity contribution in [3.05, 3.63) is 29.3 Å². The summed E-state index contributed by atoms with van der Waals surface area (Å²) >= 11 is 0. The van der Waals surface area contributed by atoms with E-state index in [4.69, 9.17) is 0 Å². The number of halogens is 2. The van der Waals surface area contributed by atoms with Crippen LogP contribution in [0.1, 0.15) is 25.3 Å². The summed E-state index contributed by atoms with van der Waals surface area (Å²) in [6, 6.07) is 2.46. The Morgan fingerprint density at radius 3 is 2.47 bits per heavy atom. The zero-order chi connectivity index (χ0) is 12.6. The fourth-order valence-electron chi connectivity index (χ4n) is 2.10. The Kier molecular flexibility index (Phi) is 3.13. The number of carbonyl (C=O) groups is 1. The van der Waals surface area contributed by atoms with E-state index in [0.29, 0.717) is 12.2 Å². The lowest BCUT2D eigenvalue weighted by atomic mass is 9.98. The van der Waals surface area contributed by atoms with Crippen molar-refractivity contribution >= 4 is 11.6 Å². The Bertz CT molecular complexity index is 436. The number of amides is 1. The van der Waals surface area contributed by atoms with Gasteiger partial charge in [-0.1, -0.05) is 6.92 Å². The maximum atomic E-state index is 13.4. The predicted octanol–water partition coefficient (Wildman–Crippen LogP) is 3.04. The molecule has 0 radical (unpaired) electrons. The molecule has 92 valence electrons. The van der Waals surface area contributed by atoms with E-state index in [1.807, 2.05) is 6.92 Å². The van der Waals surface area contributed by atoms with Crippen LogP contribution in [0.5, 0.6) is 0 Å². The number of hydrogen-bond donors (Lipinski definition) is 0. The van der Waals surface area contributed by atoms with Gasteiger partial charge < -0.3 is 4.90 Å². The van der Waals surface area contributed by atoms with Crippen LogP contribution in [0.3, 0.4) is 0 Å². The van der Waals surface area contributed by atoms with Gasteiger partial charge in [0.15, 0.2) is 0 Å². The number of nitrogens with zero attached hydrogens (tertiary/aromatic N) is 1. The van der Waals surface area contributed by atoms with Crippen LogP contribution in [0, 0.1) is 24.5 Å². The fraction of sp³-hybridized carbons (Fsp3) is 0.462. The highest BCUT2D eigenvalue weighted by atomic mass is 19.1. The van der Waals surface area contributed by atoms with Crippen LogP contribution in [0.15, 0.2) is 12.1 Å². The first-order chi connectivity index (χ1) is 8.00. The van der Waals surface area contributed by atoms with Crippen molar-refractivity contribution in [2.75, 3.05) is 11.4 Å². The van der Waals surface area contributed by atoms with E-state index in [1.165, 1.54) is 24.0 Å². The first kappa shape index (κ1) is 12.0. The molecule has 1 aliphatic heterocycles. The second-order valence-corrected chi connectivity index (χ2v) is 4.57. The monoisotopic (exact) mass is 239 g/mol. The van der Waals surface area contributed by atoms with Crippen molar-refractivity contribution in [1.82, 2.24) is 0 Å². The van der Waals surface area contributed by atoms with Gasteiger partial charge in [-0.15, -0.1) is 0 Å². The van der Waals surface area contributed by atoms with Gasteiger partial charge in [-0.25, -0.2) is 8.78 Å².